The van der Waals surface area contributed by atoms with Crippen LogP contribution in [0.5, 0.6) is 0 Å². The highest BCUT2D eigenvalue weighted by atomic mass is 19.1. The molecular weight excluding hydrogens is 940 g/mol. The molecule has 3 atom stereocenters. The van der Waals surface area contributed by atoms with Gasteiger partial charge in [0.15, 0.2) is 0 Å². The van der Waals surface area contributed by atoms with Crippen molar-refractivity contribution in [3.8, 4) is 0 Å². The lowest BCUT2D eigenvalue weighted by Crippen LogP contribution is -2.28. The Kier molecular flexibility index (Phi) is 43.4. The number of hydrogen-bond acceptors (Lipinski definition) is 4. The predicted octanol–water partition coefficient (Wildman–Crippen LogP) is 19.9. The molecule has 3 fully saturated rings. The van der Waals surface area contributed by atoms with E-state index in [4.69, 9.17) is 0 Å². The number of nitrogens with one attached hydrogen (secondary N) is 2. The van der Waals surface area contributed by atoms with Crippen molar-refractivity contribution >= 4 is 0 Å². The van der Waals surface area contributed by atoms with Gasteiger partial charge < -0.3 is 15.5 Å². The molecule has 3 aromatic carbocycles. The van der Waals surface area contributed by atoms with Crippen LogP contribution in [0.3, 0.4) is 0 Å². The molecule has 0 bridgehead atoms. The SMILES string of the molecule is CC(C)C(C)C.CC(C)C(C)c1ccccc1.CC(C)CC1CCCN1.CC(C)CC1CCCN1C.CC(C)CC1CCNCC1.CC(C)Cc1ccc(F)cc1.CC(C)Cc1ccccc1.CC(C)Cc1cccnc1. The first-order valence-electron chi connectivity index (χ1n) is 31.3. The van der Waals surface area contributed by atoms with Crippen LogP contribution in [0.1, 0.15) is 218 Å². The third-order valence-corrected chi connectivity index (χ3v) is 14.7. The second kappa shape index (κ2) is 45.4. The van der Waals surface area contributed by atoms with Crippen LogP contribution in [0.4, 0.5) is 4.39 Å². The third kappa shape index (κ3) is 43.1. The van der Waals surface area contributed by atoms with Gasteiger partial charge in [-0.1, -0.05) is 210 Å². The number of halogens is 1. The highest BCUT2D eigenvalue weighted by molar-refractivity contribution is 5.19. The summed E-state index contributed by atoms with van der Waals surface area (Å²) >= 11 is 0. The van der Waals surface area contributed by atoms with Gasteiger partial charge in [0.2, 0.25) is 0 Å². The van der Waals surface area contributed by atoms with Gasteiger partial charge in [0.05, 0.1) is 0 Å². The van der Waals surface area contributed by atoms with Gasteiger partial charge in [0.25, 0.3) is 0 Å². The smallest absolute Gasteiger partial charge is 0.123 e. The number of nitrogens with zero attached hydrogens (tertiary/aromatic N) is 2. The minimum atomic E-state index is -0.155. The van der Waals surface area contributed by atoms with Crippen molar-refractivity contribution in [2.75, 3.05) is 33.2 Å². The van der Waals surface area contributed by atoms with Crippen molar-refractivity contribution in [1.82, 2.24) is 20.5 Å². The Hall–Kier alpha value is -3.38. The van der Waals surface area contributed by atoms with Gasteiger partial charge in [-0.15, -0.1) is 0 Å². The van der Waals surface area contributed by atoms with E-state index in [2.05, 4.69) is 226 Å². The lowest BCUT2D eigenvalue weighted by molar-refractivity contribution is 0.272. The zero-order valence-corrected chi connectivity index (χ0v) is 54.0. The topological polar surface area (TPSA) is 40.2 Å². The molecule has 3 aliphatic heterocycles. The summed E-state index contributed by atoms with van der Waals surface area (Å²) in [5.74, 6) is 8.73. The molecule has 1 aromatic heterocycles. The maximum atomic E-state index is 12.4. The monoisotopic (exact) mass is 1060 g/mol. The number of hydrogen-bond donors (Lipinski definition) is 2. The van der Waals surface area contributed by atoms with Crippen LogP contribution >= 0.6 is 0 Å². The van der Waals surface area contributed by atoms with Gasteiger partial charge in [-0.2, -0.15) is 0 Å². The van der Waals surface area contributed by atoms with Crippen molar-refractivity contribution in [3.05, 3.63) is 138 Å². The molecule has 7 rings (SSSR count). The molecule has 0 aliphatic carbocycles. The van der Waals surface area contributed by atoms with E-state index in [0.29, 0.717) is 11.8 Å². The Morgan fingerprint density at radius 3 is 1.36 bits per heavy atom. The zero-order chi connectivity index (χ0) is 58.1. The quantitative estimate of drug-likeness (QED) is 0.124. The number of aromatic nitrogens is 1. The molecular formula is C72H125FN4. The van der Waals surface area contributed by atoms with Gasteiger partial charge in [0.1, 0.15) is 5.82 Å². The van der Waals surface area contributed by atoms with E-state index in [9.17, 15) is 4.39 Å². The normalized spacial score (nSPS) is 16.7. The Morgan fingerprint density at radius 2 is 0.961 bits per heavy atom. The molecule has 4 heterocycles. The van der Waals surface area contributed by atoms with Crippen LogP contribution < -0.4 is 10.6 Å². The molecule has 4 nitrogen and oxygen atoms in total. The maximum absolute atomic E-state index is 12.4. The molecule has 0 saturated carbocycles. The fourth-order valence-corrected chi connectivity index (χ4v) is 9.44. The molecule has 77 heavy (non-hydrogen) atoms. The second-order valence-corrected chi connectivity index (χ2v) is 26.4. The van der Waals surface area contributed by atoms with E-state index in [1.54, 1.807) is 0 Å². The van der Waals surface area contributed by atoms with Gasteiger partial charge in [0, 0.05) is 24.5 Å². The van der Waals surface area contributed by atoms with Gasteiger partial charge in [-0.05, 0) is 216 Å². The van der Waals surface area contributed by atoms with E-state index in [-0.39, 0.29) is 5.82 Å². The molecule has 4 aromatic rings. The molecule has 3 aliphatic rings. The van der Waals surface area contributed by atoms with Crippen molar-refractivity contribution in [1.29, 1.82) is 0 Å². The molecule has 3 saturated heterocycles. The average molecular weight is 1070 g/mol. The highest BCUT2D eigenvalue weighted by Crippen LogP contribution is 2.24. The fraction of sp³-hybridized carbons (Fsp3) is 0.681. The maximum Gasteiger partial charge on any atom is 0.123 e. The molecule has 2 N–H and O–H groups in total. The van der Waals surface area contributed by atoms with Crippen molar-refractivity contribution in [2.45, 2.75) is 227 Å². The summed E-state index contributed by atoms with van der Waals surface area (Å²) < 4.78 is 12.4. The predicted molar refractivity (Wildman–Crippen MR) is 343 cm³/mol. The molecule has 0 amide bonds. The van der Waals surface area contributed by atoms with Crippen molar-refractivity contribution < 1.29 is 4.39 Å². The lowest BCUT2D eigenvalue weighted by Gasteiger charge is -2.23. The Bertz CT molecular complexity index is 1790. The van der Waals surface area contributed by atoms with Gasteiger partial charge in [-0.3, -0.25) is 4.98 Å². The number of rotatable bonds is 15. The summed E-state index contributed by atoms with van der Waals surface area (Å²) in [5, 5.41) is 6.88. The molecule has 3 unspecified atom stereocenters. The largest absolute Gasteiger partial charge is 0.317 e. The van der Waals surface area contributed by atoms with Crippen LogP contribution in [-0.4, -0.2) is 55.2 Å². The number of piperidine rings is 1. The van der Waals surface area contributed by atoms with Crippen LogP contribution in [0.2, 0.25) is 0 Å². The van der Waals surface area contributed by atoms with Gasteiger partial charge in [-0.25, -0.2) is 4.39 Å². The first-order chi connectivity index (χ1) is 36.4. The Morgan fingerprint density at radius 1 is 0.481 bits per heavy atom. The van der Waals surface area contributed by atoms with Crippen LogP contribution in [0, 0.1) is 65.0 Å². The van der Waals surface area contributed by atoms with E-state index < -0.39 is 0 Å². The zero-order valence-electron chi connectivity index (χ0n) is 54.0. The number of benzene rings is 3. The van der Waals surface area contributed by atoms with Crippen molar-refractivity contribution in [2.24, 2.45) is 59.2 Å². The number of likely N-dealkylation sites (tertiary alicyclic amines) is 1. The summed E-state index contributed by atoms with van der Waals surface area (Å²) in [6.07, 6.45) is 19.7. The first-order valence-corrected chi connectivity index (χ1v) is 31.3. The lowest BCUT2D eigenvalue weighted by atomic mass is 9.89. The third-order valence-electron chi connectivity index (χ3n) is 14.7. The first kappa shape index (κ1) is 73.6. The molecule has 5 heteroatoms. The van der Waals surface area contributed by atoms with E-state index in [0.717, 1.165) is 78.2 Å². The fourth-order valence-electron chi connectivity index (χ4n) is 9.44. The summed E-state index contributed by atoms with van der Waals surface area (Å²) in [7, 11) is 2.25. The standard InChI is InChI=1S/C11H16.C10H13F.C10H14.2C9H19N.C9H13N.C8H17N.C6H14/c1-9(2)10(3)11-7-5-4-6-8-11;1-8(2)7-9-3-5-10(11)6-4-9;1-9(2)8-10-6-4-3-5-7-10;1-8(2)7-9-5-4-6-10(9)3;1-8(2)7-9-3-5-10-6-4-9;1-8(2)6-9-4-3-5-10-7-9;1-7(2)6-8-4-3-5-9-8;1-5(2)6(3)4/h4-10H,1-3H3;3-6,8H,7H2,1-2H3;3-7,9H,8H2,1-2H3;8-9H,4-7H2,1-3H3;8-10H,3-7H2,1-2H3;3-5,7-8H,6H2,1-2H3;7-9H,3-6H2,1-2H3;5-6H,1-4H3. The molecule has 440 valence electrons. The Balaban J connectivity index is 0.000000861. The summed E-state index contributed by atoms with van der Waals surface area (Å²) in [6, 6.07) is 33.8. The van der Waals surface area contributed by atoms with Gasteiger partial charge >= 0.3 is 0 Å². The summed E-state index contributed by atoms with van der Waals surface area (Å²) in [4.78, 5) is 6.54. The number of pyridine rings is 1. The molecule has 0 radical (unpaired) electrons. The minimum absolute atomic E-state index is 0.155. The van der Waals surface area contributed by atoms with Crippen LogP contribution in [0.25, 0.3) is 0 Å². The van der Waals surface area contributed by atoms with Crippen molar-refractivity contribution in [3.63, 3.8) is 0 Å². The molecule has 0 spiro atoms. The highest BCUT2D eigenvalue weighted by Gasteiger charge is 2.21. The van der Waals surface area contributed by atoms with E-state index in [1.807, 2.05) is 30.6 Å². The minimum Gasteiger partial charge on any atom is -0.317 e. The second-order valence-electron chi connectivity index (χ2n) is 26.4. The Labute approximate surface area is 479 Å². The van der Waals surface area contributed by atoms with E-state index in [1.165, 1.54) is 125 Å². The van der Waals surface area contributed by atoms with E-state index >= 15 is 0 Å². The summed E-state index contributed by atoms with van der Waals surface area (Å²) in [6.45, 7) is 47.9. The van der Waals surface area contributed by atoms with Crippen LogP contribution in [0.15, 0.2) is 109 Å². The average Bonchev–Trinajstić information content (AvgIpc) is 4.04. The van der Waals surface area contributed by atoms with Crippen LogP contribution in [-0.2, 0) is 19.3 Å². The summed E-state index contributed by atoms with van der Waals surface area (Å²) in [5.41, 5.74) is 5.43.